The smallest absolute Gasteiger partial charge is 0.321 e. The number of H-pyrrole nitrogens is 1. The first-order chi connectivity index (χ1) is 6.56. The van der Waals surface area contributed by atoms with Gasteiger partial charge in [-0.15, -0.1) is 0 Å². The fourth-order valence-electron chi connectivity index (χ4n) is 1.16. The predicted octanol–water partition coefficient (Wildman–Crippen LogP) is -0.509. The van der Waals surface area contributed by atoms with Gasteiger partial charge in [0, 0.05) is 6.42 Å². The largest absolute Gasteiger partial charge is 0.480 e. The summed E-state index contributed by atoms with van der Waals surface area (Å²) in [4.78, 5) is 21.8. The Labute approximate surface area is 79.9 Å². The number of aromatic nitrogens is 1. The zero-order chi connectivity index (χ0) is 10.7. The van der Waals surface area contributed by atoms with Crippen LogP contribution in [0, 0.1) is 6.92 Å². The Balaban J connectivity index is 2.87. The Morgan fingerprint density at radius 1 is 1.71 bits per heavy atom. The van der Waals surface area contributed by atoms with Crippen LogP contribution in [0.3, 0.4) is 0 Å². The molecule has 3 N–H and O–H groups in total. The molecule has 1 aromatic heterocycles. The van der Waals surface area contributed by atoms with Gasteiger partial charge >= 0.3 is 5.97 Å². The van der Waals surface area contributed by atoms with Gasteiger partial charge in [0.15, 0.2) is 0 Å². The van der Waals surface area contributed by atoms with E-state index in [1.54, 1.807) is 6.92 Å². The van der Waals surface area contributed by atoms with Crippen LogP contribution in [0.15, 0.2) is 9.32 Å². The van der Waals surface area contributed by atoms with Gasteiger partial charge in [0.25, 0.3) is 5.56 Å². The molecule has 0 saturated heterocycles. The Morgan fingerprint density at radius 3 is 2.71 bits per heavy atom. The van der Waals surface area contributed by atoms with E-state index in [-0.39, 0.29) is 12.0 Å². The van der Waals surface area contributed by atoms with Crippen LogP contribution in [0.2, 0.25) is 0 Å². The second-order valence-corrected chi connectivity index (χ2v) is 2.95. The van der Waals surface area contributed by atoms with Crippen molar-refractivity contribution in [1.29, 1.82) is 0 Å². The number of carboxylic acids is 1. The molecule has 1 rings (SSSR count). The fraction of sp³-hybridized carbons (Fsp3) is 0.500. The third-order valence-electron chi connectivity index (χ3n) is 2.05. The second kappa shape index (κ2) is 4.10. The van der Waals surface area contributed by atoms with E-state index in [4.69, 9.17) is 9.63 Å². The van der Waals surface area contributed by atoms with Crippen LogP contribution in [0.5, 0.6) is 0 Å². The minimum atomic E-state index is -0.993. The molecule has 6 nitrogen and oxygen atoms in total. The van der Waals surface area contributed by atoms with Crippen LogP contribution in [0.25, 0.3) is 0 Å². The number of rotatable bonds is 4. The van der Waals surface area contributed by atoms with E-state index in [9.17, 15) is 9.59 Å². The molecule has 1 atom stereocenters. The normalized spacial score (nSPS) is 12.7. The van der Waals surface area contributed by atoms with Crippen molar-refractivity contribution in [3.63, 3.8) is 0 Å². The number of carboxylic acid groups (broad SMARTS) is 1. The molecule has 0 aliphatic rings. The molecule has 0 spiro atoms. The standard InChI is InChI=1S/C8H12N2O4/c1-4-5(7(11)10-14-4)3-6(9-2)8(12)13/h6,9H,3H2,1-2H3,(H,10,11)(H,12,13)/t6-/m0/s1. The molecule has 0 amide bonds. The molecule has 6 heteroatoms. The molecule has 78 valence electrons. The highest BCUT2D eigenvalue weighted by atomic mass is 16.5. The first-order valence-electron chi connectivity index (χ1n) is 4.13. The summed E-state index contributed by atoms with van der Waals surface area (Å²) in [5.41, 5.74) is -0.00394. The van der Waals surface area contributed by atoms with Gasteiger partial charge in [0.2, 0.25) is 0 Å². The van der Waals surface area contributed by atoms with Gasteiger partial charge < -0.3 is 14.9 Å². The van der Waals surface area contributed by atoms with Crippen molar-refractivity contribution >= 4 is 5.97 Å². The highest BCUT2D eigenvalue weighted by Gasteiger charge is 2.20. The van der Waals surface area contributed by atoms with Crippen LogP contribution in [0.4, 0.5) is 0 Å². The van der Waals surface area contributed by atoms with Crippen LogP contribution in [-0.4, -0.2) is 29.3 Å². The predicted molar refractivity (Wildman–Crippen MR) is 48.3 cm³/mol. The van der Waals surface area contributed by atoms with Gasteiger partial charge in [0.05, 0.1) is 5.56 Å². The number of aliphatic carboxylic acids is 1. The minimum Gasteiger partial charge on any atom is -0.480 e. The number of aromatic amines is 1. The van der Waals surface area contributed by atoms with Crippen molar-refractivity contribution in [3.05, 3.63) is 21.7 Å². The maximum atomic E-state index is 11.1. The summed E-state index contributed by atoms with van der Waals surface area (Å²) in [5, 5.41) is 13.5. The molecule has 0 aliphatic carbocycles. The first-order valence-corrected chi connectivity index (χ1v) is 4.13. The molecular formula is C8H12N2O4. The average molecular weight is 200 g/mol. The van der Waals surface area contributed by atoms with Gasteiger partial charge in [-0.25, -0.2) is 0 Å². The van der Waals surface area contributed by atoms with Crippen molar-refractivity contribution in [2.24, 2.45) is 0 Å². The molecule has 0 bridgehead atoms. The lowest BCUT2D eigenvalue weighted by Crippen LogP contribution is -2.37. The first kappa shape index (κ1) is 10.5. The Kier molecular flexibility index (Phi) is 3.08. The van der Waals surface area contributed by atoms with Crippen molar-refractivity contribution in [2.75, 3.05) is 7.05 Å². The van der Waals surface area contributed by atoms with Crippen LogP contribution in [-0.2, 0) is 11.2 Å². The van der Waals surface area contributed by atoms with E-state index < -0.39 is 12.0 Å². The maximum Gasteiger partial charge on any atom is 0.321 e. The van der Waals surface area contributed by atoms with Gasteiger partial charge in [0.1, 0.15) is 11.8 Å². The highest BCUT2D eigenvalue weighted by Crippen LogP contribution is 2.04. The van der Waals surface area contributed by atoms with Crippen molar-refractivity contribution in [1.82, 2.24) is 10.5 Å². The second-order valence-electron chi connectivity index (χ2n) is 2.95. The quantitative estimate of drug-likeness (QED) is 0.608. The SMILES string of the molecule is CN[C@@H](Cc1c(C)o[nH]c1=O)C(=O)O. The number of nitrogens with one attached hydrogen (secondary N) is 2. The molecule has 1 aromatic rings. The summed E-state index contributed by atoms with van der Waals surface area (Å²) in [6.45, 7) is 1.61. The molecule has 0 unspecified atom stereocenters. The zero-order valence-electron chi connectivity index (χ0n) is 7.96. The fourth-order valence-corrected chi connectivity index (χ4v) is 1.16. The number of aryl methyl sites for hydroxylation is 1. The van der Waals surface area contributed by atoms with Gasteiger partial charge in [-0.1, -0.05) is 0 Å². The van der Waals surface area contributed by atoms with Gasteiger partial charge in [-0.05, 0) is 14.0 Å². The summed E-state index contributed by atoms with van der Waals surface area (Å²) in [5.74, 6) is -0.566. The molecule has 1 heterocycles. The van der Waals surface area contributed by atoms with E-state index in [0.29, 0.717) is 11.3 Å². The Hall–Kier alpha value is -1.56. The molecule has 0 saturated carbocycles. The Morgan fingerprint density at radius 2 is 2.36 bits per heavy atom. The van der Waals surface area contributed by atoms with E-state index in [1.807, 2.05) is 0 Å². The van der Waals surface area contributed by atoms with Crippen LogP contribution in [0.1, 0.15) is 11.3 Å². The summed E-state index contributed by atoms with van der Waals surface area (Å²) in [6.07, 6.45) is 0.115. The molecule has 0 aromatic carbocycles. The van der Waals surface area contributed by atoms with Gasteiger partial charge in [-0.3, -0.25) is 9.59 Å². The third-order valence-corrected chi connectivity index (χ3v) is 2.05. The molecule has 0 fully saturated rings. The molecule has 0 radical (unpaired) electrons. The van der Waals surface area contributed by atoms with E-state index in [2.05, 4.69) is 10.5 Å². The lowest BCUT2D eigenvalue weighted by molar-refractivity contribution is -0.139. The number of likely N-dealkylation sites (N-methyl/N-ethyl adjacent to an activating group) is 1. The maximum absolute atomic E-state index is 11.1. The van der Waals surface area contributed by atoms with Crippen molar-refractivity contribution in [2.45, 2.75) is 19.4 Å². The van der Waals surface area contributed by atoms with Crippen molar-refractivity contribution < 1.29 is 14.4 Å². The lowest BCUT2D eigenvalue weighted by atomic mass is 10.1. The lowest BCUT2D eigenvalue weighted by Gasteiger charge is -2.08. The number of hydrogen-bond acceptors (Lipinski definition) is 4. The zero-order valence-corrected chi connectivity index (χ0v) is 7.96. The van der Waals surface area contributed by atoms with Crippen LogP contribution < -0.4 is 10.9 Å². The van der Waals surface area contributed by atoms with E-state index in [1.165, 1.54) is 7.05 Å². The molecule has 0 aliphatic heterocycles. The monoisotopic (exact) mass is 200 g/mol. The van der Waals surface area contributed by atoms with E-state index >= 15 is 0 Å². The summed E-state index contributed by atoms with van der Waals surface area (Å²) in [6, 6.07) is -0.771. The molecule has 14 heavy (non-hydrogen) atoms. The molecular weight excluding hydrogens is 188 g/mol. The van der Waals surface area contributed by atoms with Crippen LogP contribution >= 0.6 is 0 Å². The summed E-state index contributed by atoms with van der Waals surface area (Å²) < 4.78 is 4.76. The highest BCUT2D eigenvalue weighted by molar-refractivity contribution is 5.73. The average Bonchev–Trinajstić information content (AvgIpc) is 2.43. The topological polar surface area (TPSA) is 95.3 Å². The summed E-state index contributed by atoms with van der Waals surface area (Å²) in [7, 11) is 1.53. The number of hydrogen-bond donors (Lipinski definition) is 3. The Bertz CT molecular complexity index is 379. The van der Waals surface area contributed by atoms with Gasteiger partial charge in [-0.2, -0.15) is 5.16 Å². The van der Waals surface area contributed by atoms with E-state index in [0.717, 1.165) is 0 Å². The third kappa shape index (κ3) is 2.02. The van der Waals surface area contributed by atoms with Crippen molar-refractivity contribution in [3.8, 4) is 0 Å². The summed E-state index contributed by atoms with van der Waals surface area (Å²) >= 11 is 0. The number of carbonyl (C=O) groups is 1. The minimum absolute atomic E-state index is 0.115.